The molecule has 1 saturated carbocycles. The lowest BCUT2D eigenvalue weighted by molar-refractivity contribution is -0.0235. The molecule has 0 nitrogen and oxygen atoms in total. The highest BCUT2D eigenvalue weighted by molar-refractivity contribution is 7.18. The van der Waals surface area contributed by atoms with Crippen LogP contribution >= 0.6 is 9.24 Å². The third-order valence-corrected chi connectivity index (χ3v) is 2.60. The van der Waals surface area contributed by atoms with Gasteiger partial charge in [0.2, 0.25) is 0 Å². The van der Waals surface area contributed by atoms with Gasteiger partial charge < -0.3 is 0 Å². The van der Waals surface area contributed by atoms with Crippen LogP contribution in [-0.4, -0.2) is 11.8 Å². The molecule has 1 fully saturated rings. The molecule has 11 heavy (non-hydrogen) atoms. The molecular weight excluding hydrogens is 172 g/mol. The second kappa shape index (κ2) is 3.30. The molecule has 0 heterocycles. The first-order valence-corrected chi connectivity index (χ1v) is 4.40. The Morgan fingerprint density at radius 2 is 1.73 bits per heavy atom. The lowest BCUT2D eigenvalue weighted by Gasteiger charge is -2.30. The van der Waals surface area contributed by atoms with Crippen molar-refractivity contribution in [1.82, 2.24) is 0 Å². The van der Waals surface area contributed by atoms with Crippen LogP contribution < -0.4 is 0 Å². The summed E-state index contributed by atoms with van der Waals surface area (Å²) in [5, 5.41) is 0. The molecule has 0 aliphatic heterocycles. The molecule has 4 heteroatoms. The predicted octanol–water partition coefficient (Wildman–Crippen LogP) is 2.98. The Labute approximate surface area is 66.7 Å². The van der Waals surface area contributed by atoms with Gasteiger partial charge in [-0.2, -0.15) is 0 Å². The first kappa shape index (κ1) is 9.31. The Bertz CT molecular complexity index is 132. The lowest BCUT2D eigenvalue weighted by atomic mass is 9.88. The SMILES string of the molecule is FC1CCCCC1C(F)(F)P. The van der Waals surface area contributed by atoms with E-state index in [1.807, 2.05) is 0 Å². The third kappa shape index (κ3) is 2.33. The van der Waals surface area contributed by atoms with Crippen molar-refractivity contribution < 1.29 is 13.2 Å². The van der Waals surface area contributed by atoms with Gasteiger partial charge in [0.05, 0.1) is 5.92 Å². The molecule has 1 aliphatic carbocycles. The number of halogens is 3. The zero-order chi connectivity index (χ0) is 8.48. The summed E-state index contributed by atoms with van der Waals surface area (Å²) < 4.78 is 38.0. The van der Waals surface area contributed by atoms with Crippen molar-refractivity contribution in [2.45, 2.75) is 37.5 Å². The largest absolute Gasteiger partial charge is 0.264 e. The fraction of sp³-hybridized carbons (Fsp3) is 1.00. The van der Waals surface area contributed by atoms with Crippen LogP contribution in [0.3, 0.4) is 0 Å². The molecule has 0 spiro atoms. The van der Waals surface area contributed by atoms with Crippen LogP contribution in [0.2, 0.25) is 0 Å². The molecule has 1 aliphatic rings. The van der Waals surface area contributed by atoms with Crippen molar-refractivity contribution in [3.05, 3.63) is 0 Å². The van der Waals surface area contributed by atoms with E-state index in [4.69, 9.17) is 0 Å². The fourth-order valence-corrected chi connectivity index (χ4v) is 1.89. The molecule has 0 radical (unpaired) electrons. The van der Waals surface area contributed by atoms with E-state index in [2.05, 4.69) is 0 Å². The van der Waals surface area contributed by atoms with Gasteiger partial charge in [0.25, 0.3) is 5.66 Å². The molecular formula is C7H12F3P. The van der Waals surface area contributed by atoms with Crippen molar-refractivity contribution in [1.29, 1.82) is 0 Å². The minimum atomic E-state index is -2.92. The van der Waals surface area contributed by atoms with E-state index in [9.17, 15) is 13.2 Å². The lowest BCUT2D eigenvalue weighted by Crippen LogP contribution is -2.32. The zero-order valence-electron chi connectivity index (χ0n) is 6.19. The summed E-state index contributed by atoms with van der Waals surface area (Å²) in [7, 11) is 1.43. The second-order valence-corrected chi connectivity index (χ2v) is 3.85. The number of alkyl halides is 3. The Morgan fingerprint density at radius 1 is 1.18 bits per heavy atom. The first-order chi connectivity index (χ1) is 5.02. The summed E-state index contributed by atoms with van der Waals surface area (Å²) in [5.41, 5.74) is -2.92. The van der Waals surface area contributed by atoms with Crippen molar-refractivity contribution in [2.75, 3.05) is 0 Å². The topological polar surface area (TPSA) is 0 Å². The van der Waals surface area contributed by atoms with Gasteiger partial charge in [-0.1, -0.05) is 22.1 Å². The summed E-state index contributed by atoms with van der Waals surface area (Å²) >= 11 is 0. The average molecular weight is 184 g/mol. The van der Waals surface area contributed by atoms with E-state index in [0.717, 1.165) is 12.8 Å². The maximum atomic E-state index is 12.9. The van der Waals surface area contributed by atoms with E-state index in [1.54, 1.807) is 0 Å². The molecule has 66 valence electrons. The Hall–Kier alpha value is 0.220. The zero-order valence-corrected chi connectivity index (χ0v) is 7.35. The molecule has 0 bridgehead atoms. The van der Waals surface area contributed by atoms with Gasteiger partial charge in [0.15, 0.2) is 0 Å². The van der Waals surface area contributed by atoms with E-state index in [1.165, 1.54) is 9.24 Å². The highest BCUT2D eigenvalue weighted by Crippen LogP contribution is 2.42. The fourth-order valence-electron chi connectivity index (χ4n) is 1.52. The highest BCUT2D eigenvalue weighted by atomic mass is 31.0. The van der Waals surface area contributed by atoms with Gasteiger partial charge >= 0.3 is 0 Å². The van der Waals surface area contributed by atoms with Gasteiger partial charge in [-0.3, -0.25) is 0 Å². The summed E-state index contributed by atoms with van der Waals surface area (Å²) in [4.78, 5) is 0. The molecule has 0 N–H and O–H groups in total. The highest BCUT2D eigenvalue weighted by Gasteiger charge is 2.41. The van der Waals surface area contributed by atoms with Crippen molar-refractivity contribution in [3.63, 3.8) is 0 Å². The number of hydrogen-bond donors (Lipinski definition) is 0. The van der Waals surface area contributed by atoms with Crippen LogP contribution in [0.4, 0.5) is 13.2 Å². The van der Waals surface area contributed by atoms with Crippen LogP contribution in [-0.2, 0) is 0 Å². The molecule has 0 aromatic rings. The minimum Gasteiger partial charge on any atom is -0.247 e. The average Bonchev–Trinajstić information content (AvgIpc) is 1.86. The van der Waals surface area contributed by atoms with Gasteiger partial charge in [0, 0.05) is 0 Å². The van der Waals surface area contributed by atoms with E-state index in [0.29, 0.717) is 12.8 Å². The smallest absolute Gasteiger partial charge is 0.247 e. The molecule has 3 unspecified atom stereocenters. The summed E-state index contributed by atoms with van der Waals surface area (Å²) in [6.07, 6.45) is 0.788. The quantitative estimate of drug-likeness (QED) is 0.549. The molecule has 1 rings (SSSR count). The standard InChI is InChI=1S/C7H12F3P/c8-6-4-2-1-3-5(6)7(9,10)11/h5-6H,1-4,11H2. The maximum absolute atomic E-state index is 12.9. The Kier molecular flexibility index (Phi) is 2.79. The Balaban J connectivity index is 2.55. The molecule has 3 atom stereocenters. The van der Waals surface area contributed by atoms with Crippen LogP contribution in [0.15, 0.2) is 0 Å². The summed E-state index contributed by atoms with van der Waals surface area (Å²) in [5.74, 6) is -1.07. The normalized spacial score (nSPS) is 33.8. The molecule has 0 saturated heterocycles. The maximum Gasteiger partial charge on any atom is 0.264 e. The summed E-state index contributed by atoms with van der Waals surface area (Å²) in [6, 6.07) is 0. The second-order valence-electron chi connectivity index (χ2n) is 3.08. The van der Waals surface area contributed by atoms with Gasteiger partial charge in [0.1, 0.15) is 6.17 Å². The van der Waals surface area contributed by atoms with Crippen LogP contribution in [0, 0.1) is 5.92 Å². The van der Waals surface area contributed by atoms with Crippen LogP contribution in [0.1, 0.15) is 25.7 Å². The van der Waals surface area contributed by atoms with Crippen LogP contribution in [0.25, 0.3) is 0 Å². The van der Waals surface area contributed by atoms with Gasteiger partial charge in [-0.15, -0.1) is 0 Å². The predicted molar refractivity (Wildman–Crippen MR) is 41.5 cm³/mol. The Morgan fingerprint density at radius 3 is 2.09 bits per heavy atom. The van der Waals surface area contributed by atoms with Crippen molar-refractivity contribution in [3.8, 4) is 0 Å². The van der Waals surface area contributed by atoms with E-state index < -0.39 is 17.8 Å². The van der Waals surface area contributed by atoms with E-state index in [-0.39, 0.29) is 0 Å². The van der Waals surface area contributed by atoms with Gasteiger partial charge in [-0.05, 0) is 12.8 Å². The third-order valence-electron chi connectivity index (χ3n) is 2.18. The van der Waals surface area contributed by atoms with Crippen molar-refractivity contribution >= 4 is 9.24 Å². The summed E-state index contributed by atoms with van der Waals surface area (Å²) in [6.45, 7) is 0. The number of rotatable bonds is 1. The van der Waals surface area contributed by atoms with E-state index >= 15 is 0 Å². The molecule has 0 aromatic carbocycles. The van der Waals surface area contributed by atoms with Crippen molar-refractivity contribution in [2.24, 2.45) is 5.92 Å². The first-order valence-electron chi connectivity index (χ1n) is 3.82. The minimum absolute atomic E-state index is 0.300. The number of hydrogen-bond acceptors (Lipinski definition) is 0. The molecule has 0 aromatic heterocycles. The monoisotopic (exact) mass is 184 g/mol. The van der Waals surface area contributed by atoms with Crippen LogP contribution in [0.5, 0.6) is 0 Å². The van der Waals surface area contributed by atoms with Gasteiger partial charge in [-0.25, -0.2) is 13.2 Å². The molecule has 0 amide bonds.